The number of hydrogen-bond donors (Lipinski definition) is 0. The summed E-state index contributed by atoms with van der Waals surface area (Å²) in [4.78, 5) is 24.8. The number of benzene rings is 3. The third kappa shape index (κ3) is 4.39. The molecule has 144 valence electrons. The van der Waals surface area contributed by atoms with Crippen molar-refractivity contribution in [2.24, 2.45) is 0 Å². The standard InChI is InChI=1S/C24H17ClO4/c1-15-3-2-4-17(11-15)12-22-24(27)20-10-9-19(14-21(20)29-22)28-23(26)13-16-5-7-18(25)8-6-16/h2-12,14H,13H2,1H3/b22-12-. The highest BCUT2D eigenvalue weighted by Gasteiger charge is 2.28. The topological polar surface area (TPSA) is 52.6 Å². The van der Waals surface area contributed by atoms with Crippen molar-refractivity contribution in [3.63, 3.8) is 0 Å². The molecule has 1 heterocycles. The molecule has 0 amide bonds. The molecule has 29 heavy (non-hydrogen) atoms. The van der Waals surface area contributed by atoms with E-state index in [1.807, 2.05) is 31.2 Å². The Morgan fingerprint density at radius 2 is 1.86 bits per heavy atom. The highest BCUT2D eigenvalue weighted by atomic mass is 35.5. The van der Waals surface area contributed by atoms with E-state index >= 15 is 0 Å². The van der Waals surface area contributed by atoms with Crippen molar-refractivity contribution in [3.05, 3.63) is 99.8 Å². The first-order chi connectivity index (χ1) is 14.0. The van der Waals surface area contributed by atoms with Gasteiger partial charge >= 0.3 is 5.97 Å². The lowest BCUT2D eigenvalue weighted by molar-refractivity contribution is -0.133. The molecule has 0 aliphatic carbocycles. The molecular formula is C24H17ClO4. The van der Waals surface area contributed by atoms with E-state index in [4.69, 9.17) is 21.1 Å². The number of hydrogen-bond acceptors (Lipinski definition) is 4. The lowest BCUT2D eigenvalue weighted by atomic mass is 10.1. The van der Waals surface area contributed by atoms with Gasteiger partial charge in [0.25, 0.3) is 0 Å². The van der Waals surface area contributed by atoms with Crippen LogP contribution in [0, 0.1) is 6.92 Å². The zero-order valence-corrected chi connectivity index (χ0v) is 16.4. The summed E-state index contributed by atoms with van der Waals surface area (Å²) in [6.07, 6.45) is 1.83. The van der Waals surface area contributed by atoms with Gasteiger partial charge in [0.15, 0.2) is 5.76 Å². The Morgan fingerprint density at radius 1 is 1.07 bits per heavy atom. The Bertz CT molecular complexity index is 1130. The Kier molecular flexibility index (Phi) is 5.19. The number of ketones is 1. The Balaban J connectivity index is 1.48. The molecule has 0 fully saturated rings. The zero-order chi connectivity index (χ0) is 20.4. The summed E-state index contributed by atoms with van der Waals surface area (Å²) in [5.74, 6) is 0.348. The third-order valence-electron chi connectivity index (χ3n) is 4.47. The number of aryl methyl sites for hydroxylation is 1. The van der Waals surface area contributed by atoms with Crippen LogP contribution in [-0.4, -0.2) is 11.8 Å². The van der Waals surface area contributed by atoms with Crippen LogP contribution in [0.5, 0.6) is 11.5 Å². The fourth-order valence-corrected chi connectivity index (χ4v) is 3.20. The fraction of sp³-hybridized carbons (Fsp3) is 0.0833. The minimum Gasteiger partial charge on any atom is -0.452 e. The molecule has 1 aliphatic rings. The summed E-state index contributed by atoms with van der Waals surface area (Å²) in [5, 5.41) is 0.608. The van der Waals surface area contributed by atoms with Gasteiger partial charge in [0.1, 0.15) is 11.5 Å². The second-order valence-electron chi connectivity index (χ2n) is 6.79. The molecule has 0 unspecified atom stereocenters. The summed E-state index contributed by atoms with van der Waals surface area (Å²) >= 11 is 5.85. The van der Waals surface area contributed by atoms with Gasteiger partial charge in [-0.15, -0.1) is 0 Å². The maximum absolute atomic E-state index is 12.6. The zero-order valence-electron chi connectivity index (χ0n) is 15.6. The normalized spacial score (nSPS) is 13.9. The molecule has 5 heteroatoms. The molecule has 3 aromatic rings. The predicted molar refractivity (Wildman–Crippen MR) is 111 cm³/mol. The van der Waals surface area contributed by atoms with E-state index in [9.17, 15) is 9.59 Å². The lowest BCUT2D eigenvalue weighted by Gasteiger charge is -2.06. The van der Waals surface area contributed by atoms with Gasteiger partial charge in [-0.25, -0.2) is 0 Å². The number of rotatable bonds is 4. The number of ether oxygens (including phenoxy) is 2. The van der Waals surface area contributed by atoms with Crippen LogP contribution in [0.15, 0.2) is 72.5 Å². The van der Waals surface area contributed by atoms with Gasteiger partial charge in [-0.3, -0.25) is 9.59 Å². The number of allylic oxidation sites excluding steroid dienone is 1. The van der Waals surface area contributed by atoms with Crippen LogP contribution in [0.4, 0.5) is 0 Å². The van der Waals surface area contributed by atoms with Gasteiger partial charge in [0, 0.05) is 11.1 Å². The van der Waals surface area contributed by atoms with Gasteiger partial charge in [-0.05, 0) is 48.4 Å². The molecule has 0 atom stereocenters. The smallest absolute Gasteiger partial charge is 0.315 e. The minimum atomic E-state index is -0.410. The molecule has 4 rings (SSSR count). The van der Waals surface area contributed by atoms with Crippen LogP contribution in [0.3, 0.4) is 0 Å². The highest BCUT2D eigenvalue weighted by molar-refractivity contribution is 6.30. The molecular weight excluding hydrogens is 388 g/mol. The third-order valence-corrected chi connectivity index (χ3v) is 4.73. The quantitative estimate of drug-likeness (QED) is 0.331. The van der Waals surface area contributed by atoms with E-state index in [1.165, 1.54) is 0 Å². The SMILES string of the molecule is Cc1cccc(/C=C2\Oc3cc(OC(=O)Cc4ccc(Cl)cc4)ccc3C2=O)c1. The van der Waals surface area contributed by atoms with Crippen LogP contribution in [0.1, 0.15) is 27.0 Å². The van der Waals surface area contributed by atoms with Crippen molar-refractivity contribution in [2.45, 2.75) is 13.3 Å². The van der Waals surface area contributed by atoms with Crippen molar-refractivity contribution in [2.75, 3.05) is 0 Å². The summed E-state index contributed by atoms with van der Waals surface area (Å²) in [6, 6.07) is 19.5. The van der Waals surface area contributed by atoms with E-state index in [0.29, 0.717) is 22.1 Å². The van der Waals surface area contributed by atoms with Crippen LogP contribution < -0.4 is 9.47 Å². The molecule has 1 aliphatic heterocycles. The maximum Gasteiger partial charge on any atom is 0.315 e. The number of carbonyl (C=O) groups is 2. The molecule has 3 aromatic carbocycles. The first-order valence-electron chi connectivity index (χ1n) is 9.08. The van der Waals surface area contributed by atoms with Gasteiger partial charge < -0.3 is 9.47 Å². The summed E-state index contributed by atoms with van der Waals surface area (Å²) in [7, 11) is 0. The van der Waals surface area contributed by atoms with E-state index < -0.39 is 5.97 Å². The van der Waals surface area contributed by atoms with Crippen molar-refractivity contribution < 1.29 is 19.1 Å². The van der Waals surface area contributed by atoms with Crippen LogP contribution in [0.25, 0.3) is 6.08 Å². The number of halogens is 1. The molecule has 0 bridgehead atoms. The summed E-state index contributed by atoms with van der Waals surface area (Å²) in [6.45, 7) is 1.98. The first-order valence-corrected chi connectivity index (χ1v) is 9.46. The molecule has 4 nitrogen and oxygen atoms in total. The Hall–Kier alpha value is -3.37. The van der Waals surface area contributed by atoms with E-state index in [0.717, 1.165) is 16.7 Å². The second-order valence-corrected chi connectivity index (χ2v) is 7.23. The van der Waals surface area contributed by atoms with E-state index in [-0.39, 0.29) is 18.0 Å². The van der Waals surface area contributed by atoms with Crippen molar-refractivity contribution in [1.82, 2.24) is 0 Å². The largest absolute Gasteiger partial charge is 0.452 e. The van der Waals surface area contributed by atoms with Crippen LogP contribution in [0.2, 0.25) is 5.02 Å². The van der Waals surface area contributed by atoms with Crippen molar-refractivity contribution in [1.29, 1.82) is 0 Å². The first kappa shape index (κ1) is 19.0. The lowest BCUT2D eigenvalue weighted by Crippen LogP contribution is -2.11. The molecule has 0 N–H and O–H groups in total. The minimum absolute atomic E-state index is 0.118. The highest BCUT2D eigenvalue weighted by Crippen LogP contribution is 2.35. The number of esters is 1. The molecule has 0 saturated heterocycles. The van der Waals surface area contributed by atoms with Gasteiger partial charge in [-0.2, -0.15) is 0 Å². The predicted octanol–water partition coefficient (Wildman–Crippen LogP) is 5.41. The van der Waals surface area contributed by atoms with E-state index in [1.54, 1.807) is 48.5 Å². The Morgan fingerprint density at radius 3 is 2.62 bits per heavy atom. The maximum atomic E-state index is 12.6. The van der Waals surface area contributed by atoms with E-state index in [2.05, 4.69) is 0 Å². The van der Waals surface area contributed by atoms with Crippen LogP contribution in [-0.2, 0) is 11.2 Å². The molecule has 0 aromatic heterocycles. The Labute approximate surface area is 173 Å². The molecule has 0 radical (unpaired) electrons. The number of Topliss-reactive ketones (excluding diaryl/α,β-unsaturated/α-hetero) is 1. The van der Waals surface area contributed by atoms with Crippen molar-refractivity contribution in [3.8, 4) is 11.5 Å². The number of fused-ring (bicyclic) bond motifs is 1. The second kappa shape index (κ2) is 7.94. The fourth-order valence-electron chi connectivity index (χ4n) is 3.08. The van der Waals surface area contributed by atoms with Gasteiger partial charge in [0.05, 0.1) is 12.0 Å². The van der Waals surface area contributed by atoms with Gasteiger partial charge in [-0.1, -0.05) is 53.6 Å². The summed E-state index contributed by atoms with van der Waals surface area (Å²) < 4.78 is 11.1. The molecule has 0 saturated carbocycles. The number of carbonyl (C=O) groups excluding carboxylic acids is 2. The van der Waals surface area contributed by atoms with Gasteiger partial charge in [0.2, 0.25) is 5.78 Å². The van der Waals surface area contributed by atoms with Crippen molar-refractivity contribution >= 4 is 29.4 Å². The molecule has 0 spiro atoms. The monoisotopic (exact) mass is 404 g/mol. The average Bonchev–Trinajstić information content (AvgIpc) is 2.98. The average molecular weight is 405 g/mol. The van der Waals surface area contributed by atoms with Crippen LogP contribution >= 0.6 is 11.6 Å². The summed E-state index contributed by atoms with van der Waals surface area (Å²) in [5.41, 5.74) is 3.23.